The summed E-state index contributed by atoms with van der Waals surface area (Å²) in [6, 6.07) is 4.22. The molecule has 20 heavy (non-hydrogen) atoms. The number of carboxylic acid groups (broad SMARTS) is 1. The molecule has 2 N–H and O–H groups in total. The Kier molecular flexibility index (Phi) is 4.42. The second-order valence-corrected chi connectivity index (χ2v) is 5.98. The highest BCUT2D eigenvalue weighted by atomic mass is 79.9. The normalized spacial score (nSPS) is 16.3. The molecule has 108 valence electrons. The molecule has 2 rings (SSSR count). The van der Waals surface area contributed by atoms with E-state index >= 15 is 0 Å². The standard InChI is InChI=1S/C14H15BrFNO3/c15-11-6-10(16)3-2-9(11)8-17-12(18)7-14(13(19)20)4-1-5-14/h2-3,6H,1,4-5,7-8H2,(H,17,18)(H,19,20). The Morgan fingerprint density at radius 1 is 1.40 bits per heavy atom. The largest absolute Gasteiger partial charge is 0.481 e. The zero-order valence-corrected chi connectivity index (χ0v) is 12.4. The summed E-state index contributed by atoms with van der Waals surface area (Å²) in [5.41, 5.74) is -0.137. The van der Waals surface area contributed by atoms with E-state index in [1.807, 2.05) is 0 Å². The van der Waals surface area contributed by atoms with Crippen LogP contribution in [0.25, 0.3) is 0 Å². The number of amides is 1. The molecule has 0 unspecified atom stereocenters. The maximum absolute atomic E-state index is 12.9. The van der Waals surface area contributed by atoms with Crippen molar-refractivity contribution in [1.82, 2.24) is 5.32 Å². The number of hydrogen-bond acceptors (Lipinski definition) is 2. The Hall–Kier alpha value is -1.43. The lowest BCUT2D eigenvalue weighted by molar-refractivity contribution is -0.157. The fraction of sp³-hybridized carbons (Fsp3) is 0.429. The summed E-state index contributed by atoms with van der Waals surface area (Å²) >= 11 is 3.22. The van der Waals surface area contributed by atoms with Crippen LogP contribution in [0.15, 0.2) is 22.7 Å². The lowest BCUT2D eigenvalue weighted by Crippen LogP contribution is -2.42. The van der Waals surface area contributed by atoms with E-state index in [2.05, 4.69) is 21.2 Å². The molecule has 0 atom stereocenters. The predicted molar refractivity (Wildman–Crippen MR) is 74.5 cm³/mol. The summed E-state index contributed by atoms with van der Waals surface area (Å²) in [5, 5.41) is 11.8. The Morgan fingerprint density at radius 3 is 2.60 bits per heavy atom. The zero-order chi connectivity index (χ0) is 14.8. The maximum atomic E-state index is 12.9. The average molecular weight is 344 g/mol. The van der Waals surface area contributed by atoms with Crippen molar-refractivity contribution in [2.75, 3.05) is 0 Å². The molecule has 0 heterocycles. The highest BCUT2D eigenvalue weighted by molar-refractivity contribution is 9.10. The van der Waals surface area contributed by atoms with Gasteiger partial charge < -0.3 is 10.4 Å². The summed E-state index contributed by atoms with van der Waals surface area (Å²) in [7, 11) is 0. The number of aliphatic carboxylic acids is 1. The number of nitrogens with one attached hydrogen (secondary N) is 1. The minimum absolute atomic E-state index is 0.00114. The van der Waals surface area contributed by atoms with Gasteiger partial charge in [-0.2, -0.15) is 0 Å². The van der Waals surface area contributed by atoms with Crippen LogP contribution in [0.4, 0.5) is 4.39 Å². The number of carboxylic acids is 1. The van der Waals surface area contributed by atoms with Gasteiger partial charge in [0, 0.05) is 17.4 Å². The fourth-order valence-electron chi connectivity index (χ4n) is 2.30. The van der Waals surface area contributed by atoms with Gasteiger partial charge in [-0.15, -0.1) is 0 Å². The van der Waals surface area contributed by atoms with Gasteiger partial charge in [0.15, 0.2) is 0 Å². The average Bonchev–Trinajstić information content (AvgIpc) is 2.32. The second-order valence-electron chi connectivity index (χ2n) is 5.13. The van der Waals surface area contributed by atoms with Crippen molar-refractivity contribution in [2.24, 2.45) is 5.41 Å². The Labute approximate surface area is 124 Å². The van der Waals surface area contributed by atoms with E-state index in [4.69, 9.17) is 5.11 Å². The van der Waals surface area contributed by atoms with Crippen molar-refractivity contribution >= 4 is 27.8 Å². The molecule has 0 aliphatic heterocycles. The molecule has 1 aliphatic rings. The molecule has 4 nitrogen and oxygen atoms in total. The number of hydrogen-bond donors (Lipinski definition) is 2. The monoisotopic (exact) mass is 343 g/mol. The van der Waals surface area contributed by atoms with Gasteiger partial charge in [0.1, 0.15) is 5.82 Å². The molecular formula is C14H15BrFNO3. The van der Waals surface area contributed by atoms with E-state index in [1.54, 1.807) is 6.07 Å². The summed E-state index contributed by atoms with van der Waals surface area (Å²) in [6.07, 6.45) is 1.95. The quantitative estimate of drug-likeness (QED) is 0.863. The van der Waals surface area contributed by atoms with Crippen molar-refractivity contribution in [1.29, 1.82) is 0 Å². The lowest BCUT2D eigenvalue weighted by atomic mass is 9.66. The highest BCUT2D eigenvalue weighted by Gasteiger charge is 2.45. The van der Waals surface area contributed by atoms with Gasteiger partial charge >= 0.3 is 5.97 Å². The van der Waals surface area contributed by atoms with Crippen LogP contribution in [-0.4, -0.2) is 17.0 Å². The predicted octanol–water partition coefficient (Wildman–Crippen LogP) is 2.85. The van der Waals surface area contributed by atoms with Gasteiger partial charge in [-0.05, 0) is 30.5 Å². The molecule has 0 aromatic heterocycles. The fourth-order valence-corrected chi connectivity index (χ4v) is 2.79. The molecule has 1 fully saturated rings. The Bertz CT molecular complexity index is 543. The molecule has 1 amide bonds. The minimum Gasteiger partial charge on any atom is -0.481 e. The first kappa shape index (κ1) is 15.0. The Morgan fingerprint density at radius 2 is 2.10 bits per heavy atom. The van der Waals surface area contributed by atoms with Crippen LogP contribution >= 0.6 is 15.9 Å². The molecule has 1 aliphatic carbocycles. The maximum Gasteiger partial charge on any atom is 0.310 e. The first-order chi connectivity index (χ1) is 9.43. The van der Waals surface area contributed by atoms with Gasteiger partial charge in [0.05, 0.1) is 5.41 Å². The van der Waals surface area contributed by atoms with Crippen LogP contribution in [0, 0.1) is 11.2 Å². The van der Waals surface area contributed by atoms with Crippen LogP contribution < -0.4 is 5.32 Å². The van der Waals surface area contributed by atoms with Crippen molar-refractivity contribution in [3.8, 4) is 0 Å². The summed E-state index contributed by atoms with van der Waals surface area (Å²) in [4.78, 5) is 23.0. The van der Waals surface area contributed by atoms with Crippen molar-refractivity contribution in [3.63, 3.8) is 0 Å². The first-order valence-electron chi connectivity index (χ1n) is 6.37. The van der Waals surface area contributed by atoms with E-state index in [0.29, 0.717) is 17.3 Å². The molecule has 0 radical (unpaired) electrons. The van der Waals surface area contributed by atoms with Gasteiger partial charge in [0.25, 0.3) is 0 Å². The molecule has 6 heteroatoms. The topological polar surface area (TPSA) is 66.4 Å². The summed E-state index contributed by atoms with van der Waals surface area (Å²) < 4.78 is 13.5. The number of carbonyl (C=O) groups excluding carboxylic acids is 1. The van der Waals surface area contributed by atoms with Crippen LogP contribution in [0.3, 0.4) is 0 Å². The van der Waals surface area contributed by atoms with Crippen LogP contribution in [-0.2, 0) is 16.1 Å². The molecule has 0 spiro atoms. The van der Waals surface area contributed by atoms with Crippen molar-refractivity contribution in [3.05, 3.63) is 34.1 Å². The van der Waals surface area contributed by atoms with E-state index < -0.39 is 11.4 Å². The summed E-state index contributed by atoms with van der Waals surface area (Å²) in [5.74, 6) is -1.54. The van der Waals surface area contributed by atoms with E-state index in [0.717, 1.165) is 12.0 Å². The Balaban J connectivity index is 1.91. The van der Waals surface area contributed by atoms with Crippen LogP contribution in [0.2, 0.25) is 0 Å². The number of benzene rings is 1. The molecule has 1 aromatic carbocycles. The van der Waals surface area contributed by atoms with Gasteiger partial charge in [-0.3, -0.25) is 9.59 Å². The molecule has 1 aromatic rings. The molecular weight excluding hydrogens is 329 g/mol. The SMILES string of the molecule is O=C(CC1(C(=O)O)CCC1)NCc1ccc(F)cc1Br. The third kappa shape index (κ3) is 3.17. The molecule has 0 saturated heterocycles. The smallest absolute Gasteiger partial charge is 0.310 e. The van der Waals surface area contributed by atoms with Crippen molar-refractivity contribution in [2.45, 2.75) is 32.2 Å². The number of halogens is 2. The van der Waals surface area contributed by atoms with E-state index in [-0.39, 0.29) is 24.7 Å². The minimum atomic E-state index is -0.901. The third-order valence-corrected chi connectivity index (χ3v) is 4.49. The first-order valence-corrected chi connectivity index (χ1v) is 7.16. The highest BCUT2D eigenvalue weighted by Crippen LogP contribution is 2.44. The third-order valence-electron chi connectivity index (χ3n) is 3.75. The van der Waals surface area contributed by atoms with Gasteiger partial charge in [-0.25, -0.2) is 4.39 Å². The lowest BCUT2D eigenvalue weighted by Gasteiger charge is -2.36. The van der Waals surface area contributed by atoms with Gasteiger partial charge in [-0.1, -0.05) is 28.4 Å². The van der Waals surface area contributed by atoms with E-state index in [1.165, 1.54) is 12.1 Å². The second kappa shape index (κ2) is 5.91. The van der Waals surface area contributed by atoms with E-state index in [9.17, 15) is 14.0 Å². The van der Waals surface area contributed by atoms with Crippen LogP contribution in [0.5, 0.6) is 0 Å². The summed E-state index contributed by atoms with van der Waals surface area (Å²) in [6.45, 7) is 0.245. The molecule has 1 saturated carbocycles. The number of rotatable bonds is 5. The zero-order valence-electron chi connectivity index (χ0n) is 10.8. The molecule has 0 bridgehead atoms. The number of carbonyl (C=O) groups is 2. The van der Waals surface area contributed by atoms with Crippen molar-refractivity contribution < 1.29 is 19.1 Å². The van der Waals surface area contributed by atoms with Crippen LogP contribution in [0.1, 0.15) is 31.2 Å². The van der Waals surface area contributed by atoms with Gasteiger partial charge in [0.2, 0.25) is 5.91 Å².